The van der Waals surface area contributed by atoms with Crippen molar-refractivity contribution in [2.75, 3.05) is 25.6 Å². The molecule has 0 radical (unpaired) electrons. The number of para-hydroxylation sites is 1. The van der Waals surface area contributed by atoms with Crippen LogP contribution in [0.15, 0.2) is 36.7 Å². The lowest BCUT2D eigenvalue weighted by Crippen LogP contribution is -2.30. The molecule has 2 aromatic heterocycles. The predicted octanol–water partition coefficient (Wildman–Crippen LogP) is 2.98. The molecule has 8 heteroatoms. The summed E-state index contributed by atoms with van der Waals surface area (Å²) in [5, 5.41) is 11.9. The van der Waals surface area contributed by atoms with Gasteiger partial charge in [0.25, 0.3) is 5.91 Å². The minimum atomic E-state index is -0.186. The van der Waals surface area contributed by atoms with Crippen LogP contribution in [0.25, 0.3) is 11.0 Å². The van der Waals surface area contributed by atoms with Crippen molar-refractivity contribution in [1.29, 1.82) is 0 Å². The van der Waals surface area contributed by atoms with Crippen molar-refractivity contribution >= 4 is 22.6 Å². The van der Waals surface area contributed by atoms with Crippen LogP contribution < -0.4 is 15.4 Å². The molecule has 0 unspecified atom stereocenters. The molecule has 158 valence electrons. The Hall–Kier alpha value is -3.13. The standard InChI is InChI=1S/C22H27N5O3/c1-3-27-21-17(14-25-27)20(26-16-8-10-30-11-9-16)18(13-23-21)22(28)24-12-15-6-4-5-7-19(15)29-2/h4-7,13-14,16H,3,8-12H2,1-2H3,(H,23,26)(H,24,28). The summed E-state index contributed by atoms with van der Waals surface area (Å²) in [6.45, 7) is 4.54. The van der Waals surface area contributed by atoms with E-state index in [1.54, 1.807) is 19.5 Å². The number of pyridine rings is 1. The van der Waals surface area contributed by atoms with Crippen molar-refractivity contribution in [3.05, 3.63) is 47.8 Å². The van der Waals surface area contributed by atoms with Gasteiger partial charge in [-0.05, 0) is 25.8 Å². The van der Waals surface area contributed by atoms with Gasteiger partial charge in [0.1, 0.15) is 5.75 Å². The van der Waals surface area contributed by atoms with Gasteiger partial charge in [0.2, 0.25) is 0 Å². The molecule has 0 bridgehead atoms. The molecule has 0 atom stereocenters. The smallest absolute Gasteiger partial charge is 0.255 e. The summed E-state index contributed by atoms with van der Waals surface area (Å²) >= 11 is 0. The second-order valence-corrected chi connectivity index (χ2v) is 7.27. The van der Waals surface area contributed by atoms with Gasteiger partial charge in [-0.25, -0.2) is 9.67 Å². The first-order chi connectivity index (χ1) is 14.7. The number of rotatable bonds is 7. The quantitative estimate of drug-likeness (QED) is 0.624. The lowest BCUT2D eigenvalue weighted by Gasteiger charge is -2.25. The Labute approximate surface area is 175 Å². The number of aromatic nitrogens is 3. The zero-order valence-corrected chi connectivity index (χ0v) is 17.4. The zero-order chi connectivity index (χ0) is 20.9. The molecule has 3 aromatic rings. The van der Waals surface area contributed by atoms with Gasteiger partial charge >= 0.3 is 0 Å². The average molecular weight is 409 g/mol. The first-order valence-corrected chi connectivity index (χ1v) is 10.3. The number of nitrogens with one attached hydrogen (secondary N) is 2. The van der Waals surface area contributed by atoms with Crippen molar-refractivity contribution in [2.45, 2.75) is 38.9 Å². The highest BCUT2D eigenvalue weighted by Crippen LogP contribution is 2.28. The summed E-state index contributed by atoms with van der Waals surface area (Å²) in [7, 11) is 1.62. The molecule has 3 heterocycles. The molecule has 30 heavy (non-hydrogen) atoms. The number of amides is 1. The average Bonchev–Trinajstić information content (AvgIpc) is 3.22. The number of carbonyl (C=O) groups is 1. The number of ether oxygens (including phenoxy) is 2. The van der Waals surface area contributed by atoms with Gasteiger partial charge in [0, 0.05) is 44.1 Å². The van der Waals surface area contributed by atoms with E-state index in [9.17, 15) is 4.79 Å². The number of aryl methyl sites for hydroxylation is 1. The van der Waals surface area contributed by atoms with Crippen LogP contribution in [0.4, 0.5) is 5.69 Å². The van der Waals surface area contributed by atoms with Crippen molar-refractivity contribution in [1.82, 2.24) is 20.1 Å². The van der Waals surface area contributed by atoms with Gasteiger partial charge in [-0.2, -0.15) is 5.10 Å². The molecule has 4 rings (SSSR count). The van der Waals surface area contributed by atoms with Crippen LogP contribution in [0, 0.1) is 0 Å². The molecular weight excluding hydrogens is 382 g/mol. The molecule has 0 spiro atoms. The highest BCUT2D eigenvalue weighted by molar-refractivity contribution is 6.06. The van der Waals surface area contributed by atoms with Crippen molar-refractivity contribution < 1.29 is 14.3 Å². The summed E-state index contributed by atoms with van der Waals surface area (Å²) in [5.41, 5.74) is 2.98. The van der Waals surface area contributed by atoms with E-state index in [-0.39, 0.29) is 11.9 Å². The van der Waals surface area contributed by atoms with Crippen LogP contribution in [0.3, 0.4) is 0 Å². The van der Waals surface area contributed by atoms with Crippen molar-refractivity contribution in [3.63, 3.8) is 0 Å². The van der Waals surface area contributed by atoms with E-state index in [1.807, 2.05) is 35.9 Å². The summed E-state index contributed by atoms with van der Waals surface area (Å²) < 4.78 is 12.7. The number of nitrogens with zero attached hydrogens (tertiary/aromatic N) is 3. The second-order valence-electron chi connectivity index (χ2n) is 7.27. The van der Waals surface area contributed by atoms with Crippen molar-refractivity contribution in [2.24, 2.45) is 0 Å². The van der Waals surface area contributed by atoms with Gasteiger partial charge < -0.3 is 20.1 Å². The Bertz CT molecular complexity index is 1030. The molecule has 1 fully saturated rings. The Kier molecular flexibility index (Phi) is 6.13. The molecule has 1 aliphatic rings. The summed E-state index contributed by atoms with van der Waals surface area (Å²) in [4.78, 5) is 17.6. The van der Waals surface area contributed by atoms with Crippen LogP contribution in [0.5, 0.6) is 5.75 Å². The van der Waals surface area contributed by atoms with Crippen molar-refractivity contribution in [3.8, 4) is 5.75 Å². The summed E-state index contributed by atoms with van der Waals surface area (Å²) in [5.74, 6) is 0.560. The van der Waals surface area contributed by atoms with E-state index in [4.69, 9.17) is 9.47 Å². The SMILES string of the molecule is CCn1ncc2c(NC3CCOCC3)c(C(=O)NCc3ccccc3OC)cnc21. The van der Waals surface area contributed by atoms with E-state index in [0.29, 0.717) is 18.7 Å². The molecule has 1 saturated heterocycles. The molecule has 0 saturated carbocycles. The number of hydrogen-bond donors (Lipinski definition) is 2. The maximum absolute atomic E-state index is 13.1. The largest absolute Gasteiger partial charge is 0.496 e. The molecule has 1 aliphatic heterocycles. The highest BCUT2D eigenvalue weighted by Gasteiger charge is 2.22. The molecule has 0 aliphatic carbocycles. The first-order valence-electron chi connectivity index (χ1n) is 10.3. The van der Waals surface area contributed by atoms with Crippen LogP contribution >= 0.6 is 0 Å². The minimum Gasteiger partial charge on any atom is -0.496 e. The fraction of sp³-hybridized carbons (Fsp3) is 0.409. The van der Waals surface area contributed by atoms with Crippen LogP contribution in [0.2, 0.25) is 0 Å². The lowest BCUT2D eigenvalue weighted by atomic mass is 10.1. The Morgan fingerprint density at radius 1 is 1.27 bits per heavy atom. The third-order valence-electron chi connectivity index (χ3n) is 5.41. The predicted molar refractivity (Wildman–Crippen MR) is 115 cm³/mol. The third kappa shape index (κ3) is 4.09. The molecular formula is C22H27N5O3. The highest BCUT2D eigenvalue weighted by atomic mass is 16.5. The Balaban J connectivity index is 1.63. The fourth-order valence-corrected chi connectivity index (χ4v) is 3.75. The third-order valence-corrected chi connectivity index (χ3v) is 5.41. The number of fused-ring (bicyclic) bond motifs is 1. The van der Waals surface area contributed by atoms with E-state index >= 15 is 0 Å². The van der Waals surface area contributed by atoms with E-state index in [2.05, 4.69) is 20.7 Å². The van der Waals surface area contributed by atoms with Gasteiger partial charge in [-0.1, -0.05) is 18.2 Å². The number of benzene rings is 1. The number of anilines is 1. The van der Waals surface area contributed by atoms with Crippen LogP contribution in [-0.4, -0.2) is 47.0 Å². The Morgan fingerprint density at radius 3 is 2.83 bits per heavy atom. The van der Waals surface area contributed by atoms with Gasteiger partial charge in [-0.3, -0.25) is 4.79 Å². The monoisotopic (exact) mass is 409 g/mol. The maximum atomic E-state index is 13.1. The molecule has 1 amide bonds. The van der Waals surface area contributed by atoms with Gasteiger partial charge in [-0.15, -0.1) is 0 Å². The maximum Gasteiger partial charge on any atom is 0.255 e. The van der Waals surface area contributed by atoms with E-state index < -0.39 is 0 Å². The van der Waals surface area contributed by atoms with Gasteiger partial charge in [0.15, 0.2) is 5.65 Å². The first kappa shape index (κ1) is 20.2. The van der Waals surface area contributed by atoms with Crippen LogP contribution in [0.1, 0.15) is 35.7 Å². The number of methoxy groups -OCH3 is 1. The molecule has 2 N–H and O–H groups in total. The topological polar surface area (TPSA) is 90.3 Å². The zero-order valence-electron chi connectivity index (χ0n) is 17.4. The number of hydrogen-bond acceptors (Lipinski definition) is 6. The summed E-state index contributed by atoms with van der Waals surface area (Å²) in [6, 6.07) is 7.90. The molecule has 1 aromatic carbocycles. The van der Waals surface area contributed by atoms with E-state index in [1.165, 1.54) is 0 Å². The molecule has 8 nitrogen and oxygen atoms in total. The van der Waals surface area contributed by atoms with Crippen LogP contribution in [-0.2, 0) is 17.8 Å². The van der Waals surface area contributed by atoms with Gasteiger partial charge in [0.05, 0.1) is 29.9 Å². The second kappa shape index (κ2) is 9.13. The summed E-state index contributed by atoms with van der Waals surface area (Å²) in [6.07, 6.45) is 5.21. The van der Waals surface area contributed by atoms with E-state index in [0.717, 1.165) is 54.1 Å². The lowest BCUT2D eigenvalue weighted by molar-refractivity contribution is 0.0904. The fourth-order valence-electron chi connectivity index (χ4n) is 3.75. The normalized spacial score (nSPS) is 14.6. The number of carbonyl (C=O) groups excluding carboxylic acids is 1. The minimum absolute atomic E-state index is 0.186. The Morgan fingerprint density at radius 2 is 2.07 bits per heavy atom.